The number of hydrogen-bond acceptors (Lipinski definition) is 3. The number of carbonyl (C=O) groups excluding carboxylic acids is 1. The lowest BCUT2D eigenvalue weighted by Crippen LogP contribution is -2.47. The van der Waals surface area contributed by atoms with Crippen molar-refractivity contribution in [1.82, 2.24) is 4.90 Å². The highest BCUT2D eigenvalue weighted by molar-refractivity contribution is 5.72. The Morgan fingerprint density at radius 1 is 1.24 bits per heavy atom. The van der Waals surface area contributed by atoms with Gasteiger partial charge in [-0.15, -0.1) is 0 Å². The van der Waals surface area contributed by atoms with Crippen LogP contribution in [-0.2, 0) is 9.53 Å². The fraction of sp³-hybridized carbons (Fsp3) is 0.929. The summed E-state index contributed by atoms with van der Waals surface area (Å²) in [5.41, 5.74) is 0.431. The van der Waals surface area contributed by atoms with Crippen LogP contribution < -0.4 is 0 Å². The number of nitrogens with zero attached hydrogens (tertiary/aromatic N) is 1. The van der Waals surface area contributed by atoms with E-state index in [1.807, 2.05) is 6.92 Å². The van der Waals surface area contributed by atoms with E-state index in [-0.39, 0.29) is 11.9 Å². The summed E-state index contributed by atoms with van der Waals surface area (Å²) in [6.45, 7) is 4.04. The second-order valence-electron chi connectivity index (χ2n) is 5.76. The Morgan fingerprint density at radius 3 is 2.53 bits per heavy atom. The zero-order valence-electron chi connectivity index (χ0n) is 11.2. The molecule has 1 atom stereocenters. The quantitative estimate of drug-likeness (QED) is 0.709. The van der Waals surface area contributed by atoms with Crippen molar-refractivity contribution >= 4 is 5.97 Å². The van der Waals surface area contributed by atoms with Crippen molar-refractivity contribution < 1.29 is 9.53 Å². The second-order valence-corrected chi connectivity index (χ2v) is 5.76. The lowest BCUT2D eigenvalue weighted by atomic mass is 9.79. The van der Waals surface area contributed by atoms with Crippen LogP contribution in [0.2, 0.25) is 0 Å². The maximum Gasteiger partial charge on any atom is 0.309 e. The molecule has 2 aliphatic rings. The third-order valence-electron chi connectivity index (χ3n) is 4.62. The molecule has 0 bridgehead atoms. The summed E-state index contributed by atoms with van der Waals surface area (Å²) in [7, 11) is 1.49. The van der Waals surface area contributed by atoms with E-state index in [1.165, 1.54) is 58.6 Å². The molecule has 2 fully saturated rings. The fourth-order valence-electron chi connectivity index (χ4n) is 3.66. The van der Waals surface area contributed by atoms with Gasteiger partial charge in [0, 0.05) is 12.1 Å². The average molecular weight is 239 g/mol. The fourth-order valence-corrected chi connectivity index (χ4v) is 3.66. The van der Waals surface area contributed by atoms with Crippen molar-refractivity contribution in [3.63, 3.8) is 0 Å². The SMILES string of the molecule is COC(=O)[C@H](C)CN1CCCC12CCCCC2. The average Bonchev–Trinajstić information content (AvgIpc) is 2.72. The first kappa shape index (κ1) is 12.9. The van der Waals surface area contributed by atoms with Crippen molar-refractivity contribution in [2.45, 2.75) is 57.4 Å². The predicted molar refractivity (Wildman–Crippen MR) is 67.8 cm³/mol. The molecular formula is C14H25NO2. The molecule has 1 aliphatic carbocycles. The first-order valence-electron chi connectivity index (χ1n) is 7.01. The van der Waals surface area contributed by atoms with E-state index >= 15 is 0 Å². The molecule has 0 amide bonds. The number of ether oxygens (including phenoxy) is 1. The molecule has 3 nitrogen and oxygen atoms in total. The zero-order chi connectivity index (χ0) is 12.3. The lowest BCUT2D eigenvalue weighted by molar-refractivity contribution is -0.145. The van der Waals surface area contributed by atoms with Crippen molar-refractivity contribution in [1.29, 1.82) is 0 Å². The van der Waals surface area contributed by atoms with Gasteiger partial charge in [0.25, 0.3) is 0 Å². The Hall–Kier alpha value is -0.570. The van der Waals surface area contributed by atoms with Gasteiger partial charge in [0.05, 0.1) is 13.0 Å². The van der Waals surface area contributed by atoms with E-state index in [2.05, 4.69) is 4.90 Å². The molecule has 0 radical (unpaired) electrons. The van der Waals surface area contributed by atoms with Crippen molar-refractivity contribution in [3.05, 3.63) is 0 Å². The molecule has 1 spiro atoms. The summed E-state index contributed by atoms with van der Waals surface area (Å²) >= 11 is 0. The Morgan fingerprint density at radius 2 is 1.88 bits per heavy atom. The van der Waals surface area contributed by atoms with Crippen LogP contribution in [0.5, 0.6) is 0 Å². The molecular weight excluding hydrogens is 214 g/mol. The van der Waals surface area contributed by atoms with Crippen LogP contribution in [0.25, 0.3) is 0 Å². The van der Waals surface area contributed by atoms with E-state index < -0.39 is 0 Å². The molecule has 3 heteroatoms. The van der Waals surface area contributed by atoms with Crippen LogP contribution in [0.15, 0.2) is 0 Å². The first-order valence-corrected chi connectivity index (χ1v) is 7.01. The maximum absolute atomic E-state index is 11.5. The van der Waals surface area contributed by atoms with Gasteiger partial charge >= 0.3 is 5.97 Å². The van der Waals surface area contributed by atoms with E-state index in [1.54, 1.807) is 0 Å². The van der Waals surface area contributed by atoms with Crippen LogP contribution in [0.3, 0.4) is 0 Å². The van der Waals surface area contributed by atoms with Crippen molar-refractivity contribution in [3.8, 4) is 0 Å². The number of carbonyl (C=O) groups is 1. The molecule has 17 heavy (non-hydrogen) atoms. The highest BCUT2D eigenvalue weighted by Crippen LogP contribution is 2.41. The number of methoxy groups -OCH3 is 1. The van der Waals surface area contributed by atoms with E-state index in [9.17, 15) is 4.79 Å². The maximum atomic E-state index is 11.5. The minimum absolute atomic E-state index is 0.0110. The number of likely N-dealkylation sites (tertiary alicyclic amines) is 1. The zero-order valence-corrected chi connectivity index (χ0v) is 11.2. The predicted octanol–water partition coefficient (Wildman–Crippen LogP) is 2.59. The largest absolute Gasteiger partial charge is 0.469 e. The first-order chi connectivity index (χ1) is 8.18. The van der Waals surface area contributed by atoms with Gasteiger partial charge in [-0.3, -0.25) is 9.69 Å². The molecule has 1 saturated carbocycles. The van der Waals surface area contributed by atoms with Crippen LogP contribution in [0.1, 0.15) is 51.9 Å². The summed E-state index contributed by atoms with van der Waals surface area (Å²) in [4.78, 5) is 14.1. The standard InChI is InChI=1S/C14H25NO2/c1-12(13(16)17-2)11-15-10-6-9-14(15)7-4-3-5-8-14/h12H,3-11H2,1-2H3/t12-/m1/s1. The normalized spacial score (nSPS) is 26.0. The molecule has 1 saturated heterocycles. The van der Waals surface area contributed by atoms with Gasteiger partial charge in [-0.05, 0) is 32.2 Å². The second kappa shape index (κ2) is 5.38. The Labute approximate surface area is 105 Å². The Kier molecular flexibility index (Phi) is 4.08. The lowest BCUT2D eigenvalue weighted by Gasteiger charge is -2.42. The highest BCUT2D eigenvalue weighted by atomic mass is 16.5. The van der Waals surface area contributed by atoms with Gasteiger partial charge in [0.15, 0.2) is 0 Å². The van der Waals surface area contributed by atoms with Gasteiger partial charge in [-0.1, -0.05) is 26.2 Å². The summed E-state index contributed by atoms with van der Waals surface area (Å²) in [6, 6.07) is 0. The van der Waals surface area contributed by atoms with Gasteiger partial charge < -0.3 is 4.74 Å². The molecule has 0 aromatic carbocycles. The smallest absolute Gasteiger partial charge is 0.309 e. The third kappa shape index (κ3) is 2.65. The van der Waals surface area contributed by atoms with Crippen LogP contribution in [0.4, 0.5) is 0 Å². The molecule has 0 N–H and O–H groups in total. The van der Waals surface area contributed by atoms with Gasteiger partial charge in [0.2, 0.25) is 0 Å². The Balaban J connectivity index is 1.97. The van der Waals surface area contributed by atoms with Crippen LogP contribution in [-0.4, -0.2) is 36.6 Å². The van der Waals surface area contributed by atoms with Crippen LogP contribution >= 0.6 is 0 Å². The molecule has 2 rings (SSSR count). The van der Waals surface area contributed by atoms with Crippen molar-refractivity contribution in [2.75, 3.05) is 20.2 Å². The van der Waals surface area contributed by atoms with Crippen molar-refractivity contribution in [2.24, 2.45) is 5.92 Å². The summed E-state index contributed by atoms with van der Waals surface area (Å²) in [6.07, 6.45) is 9.42. The minimum Gasteiger partial charge on any atom is -0.469 e. The van der Waals surface area contributed by atoms with E-state index in [0.29, 0.717) is 5.54 Å². The van der Waals surface area contributed by atoms with Gasteiger partial charge in [0.1, 0.15) is 0 Å². The van der Waals surface area contributed by atoms with Crippen LogP contribution in [0, 0.1) is 5.92 Å². The summed E-state index contributed by atoms with van der Waals surface area (Å²) in [5, 5.41) is 0. The number of rotatable bonds is 3. The summed E-state index contributed by atoms with van der Waals surface area (Å²) < 4.78 is 4.83. The van der Waals surface area contributed by atoms with E-state index in [0.717, 1.165) is 6.54 Å². The summed E-state index contributed by atoms with van der Waals surface area (Å²) in [5.74, 6) is -0.0558. The molecule has 1 heterocycles. The monoisotopic (exact) mass is 239 g/mol. The molecule has 1 aliphatic heterocycles. The third-order valence-corrected chi connectivity index (χ3v) is 4.62. The minimum atomic E-state index is -0.0668. The molecule has 0 aromatic heterocycles. The topological polar surface area (TPSA) is 29.5 Å². The van der Waals surface area contributed by atoms with E-state index in [4.69, 9.17) is 4.74 Å². The van der Waals surface area contributed by atoms with Gasteiger partial charge in [-0.2, -0.15) is 0 Å². The highest BCUT2D eigenvalue weighted by Gasteiger charge is 2.42. The molecule has 0 unspecified atom stereocenters. The number of hydrogen-bond donors (Lipinski definition) is 0. The molecule has 98 valence electrons. The Bertz CT molecular complexity index is 271. The number of esters is 1. The van der Waals surface area contributed by atoms with Gasteiger partial charge in [-0.25, -0.2) is 0 Å². The molecule has 0 aromatic rings.